The average Bonchev–Trinajstić information content (AvgIpc) is 3.96. The lowest BCUT2D eigenvalue weighted by atomic mass is 9.98. The molecule has 28 heteroatoms. The number of anilines is 2. The van der Waals surface area contributed by atoms with E-state index in [0.717, 1.165) is 12.7 Å². The summed E-state index contributed by atoms with van der Waals surface area (Å²) in [6.07, 6.45) is -9.60. The second-order valence-electron chi connectivity index (χ2n) is 16.0. The van der Waals surface area contributed by atoms with E-state index in [1.807, 2.05) is 0 Å². The first kappa shape index (κ1) is 45.4. The molecule has 3 aliphatic rings. The van der Waals surface area contributed by atoms with Gasteiger partial charge in [-0.15, -0.1) is 0 Å². The Morgan fingerprint density at radius 1 is 0.754 bits per heavy atom. The molecule has 7 rings (SSSR count). The quantitative estimate of drug-likeness (QED) is 0.134. The largest absolute Gasteiger partial charge is 0.454 e. The highest BCUT2D eigenvalue weighted by atomic mass is 32.7. The Bertz CT molecular complexity index is 2370. The standard InChI is InChI=1S/C33H44F2N10O12P2S2/c1-32(2,3)30(46)51-14-60-58(48)13-50-22-16(55-28(18(22)34)44-11-42-20-24(36)38-9-40-26(20)44)8-54-59(49,61-15-52-31(47)33(4,5)6)57-23-17(7-53-58)56-29(19(23)35)45-12-43-21-25(37)39-10-41-27(21)45/h9-12,16-19,22-23,28-29H,7-8,13-15H2,1-6H3,(H2,36,38,40)(H2,37,39,41)/t16-,17-,18-,19-,22-,23-,28-,29-,58?,59?/m1/s1. The van der Waals surface area contributed by atoms with E-state index in [9.17, 15) is 18.7 Å². The van der Waals surface area contributed by atoms with E-state index in [1.54, 1.807) is 41.5 Å². The Kier molecular flexibility index (Phi) is 13.1. The summed E-state index contributed by atoms with van der Waals surface area (Å²) < 4.78 is 112. The normalized spacial score (nSPS) is 31.5. The number of nitrogen functional groups attached to an aromatic ring is 2. The van der Waals surface area contributed by atoms with Gasteiger partial charge >= 0.3 is 18.7 Å². The maximum Gasteiger partial charge on any atom is 0.392 e. The fourth-order valence-electron chi connectivity index (χ4n) is 6.17. The van der Waals surface area contributed by atoms with E-state index in [2.05, 4.69) is 29.9 Å². The third kappa shape index (κ3) is 9.67. The SMILES string of the molecule is CC(C)(C)C(=O)OCSP1(=O)CO[C@H]2[C@@H](F)[C@H](n3cnc4c(N)ncnc43)O[C@@H]2COP(=O)(SCOC(=O)C(C)(C)C)O[C@H]2[C@@H](F)[C@H](n3cnc4c(N)ncnc43)O[C@@H]2CO1. The highest BCUT2D eigenvalue weighted by Crippen LogP contribution is 2.65. The minimum absolute atomic E-state index is 0.00680. The number of hydrogen-bond donors (Lipinski definition) is 2. The van der Waals surface area contributed by atoms with Crippen molar-refractivity contribution < 1.29 is 64.8 Å². The number of rotatable bonds is 8. The summed E-state index contributed by atoms with van der Waals surface area (Å²) >= 11 is 0.983. The van der Waals surface area contributed by atoms with Crippen molar-refractivity contribution in [3.8, 4) is 0 Å². The van der Waals surface area contributed by atoms with Crippen LogP contribution in [-0.4, -0.2) is 119 Å². The van der Waals surface area contributed by atoms with Crippen molar-refractivity contribution in [1.29, 1.82) is 0 Å². The minimum atomic E-state index is -4.68. The molecule has 3 aliphatic heterocycles. The Balaban J connectivity index is 1.24. The van der Waals surface area contributed by atoms with Crippen LogP contribution in [-0.2, 0) is 56.0 Å². The number of carbonyl (C=O) groups is 2. The van der Waals surface area contributed by atoms with Gasteiger partial charge in [-0.2, -0.15) is 0 Å². The van der Waals surface area contributed by atoms with Crippen molar-refractivity contribution in [2.45, 2.75) is 90.8 Å². The number of esters is 2. The van der Waals surface area contributed by atoms with Gasteiger partial charge in [0.1, 0.15) is 66.3 Å². The third-order valence-corrected chi connectivity index (χ3v) is 16.5. The molecule has 10 atom stereocenters. The number of ether oxygens (including phenoxy) is 5. The van der Waals surface area contributed by atoms with E-state index < -0.39 is 117 Å². The van der Waals surface area contributed by atoms with Crippen LogP contribution in [0, 0.1) is 10.8 Å². The molecule has 334 valence electrons. The predicted octanol–water partition coefficient (Wildman–Crippen LogP) is 4.94. The second kappa shape index (κ2) is 17.5. The summed E-state index contributed by atoms with van der Waals surface area (Å²) in [5.74, 6) is -2.30. The van der Waals surface area contributed by atoms with Crippen LogP contribution < -0.4 is 11.5 Å². The van der Waals surface area contributed by atoms with Gasteiger partial charge in [0.05, 0.1) is 36.7 Å². The number of imidazole rings is 2. The smallest absolute Gasteiger partial charge is 0.392 e. The molecule has 7 heterocycles. The van der Waals surface area contributed by atoms with Crippen LogP contribution in [0.2, 0.25) is 0 Å². The number of aromatic nitrogens is 8. The monoisotopic (exact) mass is 936 g/mol. The van der Waals surface area contributed by atoms with Gasteiger partial charge in [-0.3, -0.25) is 32.3 Å². The molecule has 0 spiro atoms. The first-order valence-electron chi connectivity index (χ1n) is 18.5. The number of alkyl halides is 2. The summed E-state index contributed by atoms with van der Waals surface area (Å²) in [6, 6.07) is 0. The van der Waals surface area contributed by atoms with Gasteiger partial charge in [0, 0.05) is 11.4 Å². The molecule has 0 radical (unpaired) electrons. The van der Waals surface area contributed by atoms with Gasteiger partial charge in [0.2, 0.25) is 0 Å². The summed E-state index contributed by atoms with van der Waals surface area (Å²) in [7, 11) is 0. The molecule has 3 fully saturated rings. The lowest BCUT2D eigenvalue weighted by Gasteiger charge is -2.26. The van der Waals surface area contributed by atoms with E-state index in [-0.39, 0.29) is 34.0 Å². The lowest BCUT2D eigenvalue weighted by molar-refractivity contribution is -0.151. The Morgan fingerprint density at radius 2 is 1.23 bits per heavy atom. The Hall–Kier alpha value is -3.58. The molecule has 4 aromatic heterocycles. The van der Waals surface area contributed by atoms with Crippen LogP contribution in [0.1, 0.15) is 54.0 Å². The van der Waals surface area contributed by atoms with Crippen molar-refractivity contribution in [2.24, 2.45) is 10.8 Å². The molecule has 0 bridgehead atoms. The zero-order valence-electron chi connectivity index (χ0n) is 33.6. The lowest BCUT2D eigenvalue weighted by Crippen LogP contribution is -2.35. The van der Waals surface area contributed by atoms with Crippen LogP contribution >= 0.6 is 36.1 Å². The molecule has 0 amide bonds. The first-order valence-corrected chi connectivity index (χ1v) is 25.1. The van der Waals surface area contributed by atoms with E-state index in [4.69, 9.17) is 48.7 Å². The number of carbonyl (C=O) groups excluding carboxylic acids is 2. The van der Waals surface area contributed by atoms with Crippen LogP contribution in [0.4, 0.5) is 20.4 Å². The van der Waals surface area contributed by atoms with Crippen LogP contribution in [0.25, 0.3) is 22.3 Å². The topological polar surface area (TPSA) is 281 Å². The fraction of sp³-hybridized carbons (Fsp3) is 0.636. The highest BCUT2D eigenvalue weighted by Gasteiger charge is 2.54. The molecule has 0 aliphatic carbocycles. The predicted molar refractivity (Wildman–Crippen MR) is 215 cm³/mol. The fourth-order valence-corrected chi connectivity index (χ4v) is 11.7. The van der Waals surface area contributed by atoms with Gasteiger partial charge in [0.15, 0.2) is 47.7 Å². The molecular formula is C33H44F2N10O12P2S2. The maximum atomic E-state index is 16.9. The molecule has 0 saturated carbocycles. The van der Waals surface area contributed by atoms with E-state index in [1.165, 1.54) is 21.8 Å². The molecule has 61 heavy (non-hydrogen) atoms. The number of nitrogens with two attached hydrogens (primary N) is 2. The number of hydrogen-bond acceptors (Lipinski definition) is 22. The average molecular weight is 937 g/mol. The van der Waals surface area contributed by atoms with Gasteiger partial charge in [0.25, 0.3) is 6.57 Å². The zero-order chi connectivity index (χ0) is 44.1. The van der Waals surface area contributed by atoms with Crippen molar-refractivity contribution in [2.75, 3.05) is 42.9 Å². The number of fused-ring (bicyclic) bond motifs is 4. The second-order valence-corrected chi connectivity index (χ2v) is 24.7. The van der Waals surface area contributed by atoms with Crippen molar-refractivity contribution in [1.82, 2.24) is 39.0 Å². The molecule has 4 N–H and O–H groups in total. The van der Waals surface area contributed by atoms with Crippen LogP contribution in [0.5, 0.6) is 0 Å². The Labute approximate surface area is 354 Å². The van der Waals surface area contributed by atoms with Crippen molar-refractivity contribution in [3.05, 3.63) is 25.3 Å². The minimum Gasteiger partial charge on any atom is -0.454 e. The first-order chi connectivity index (χ1) is 28.7. The summed E-state index contributed by atoms with van der Waals surface area (Å²) in [5.41, 5.74) is 10.6. The summed E-state index contributed by atoms with van der Waals surface area (Å²) in [5, 5.41) is 0. The molecular weight excluding hydrogens is 892 g/mol. The van der Waals surface area contributed by atoms with Crippen LogP contribution in [0.15, 0.2) is 25.3 Å². The molecule has 22 nitrogen and oxygen atoms in total. The number of nitrogens with zero attached hydrogens (tertiary/aromatic N) is 8. The summed E-state index contributed by atoms with van der Waals surface area (Å²) in [4.78, 5) is 49.8. The molecule has 2 unspecified atom stereocenters. The zero-order valence-corrected chi connectivity index (χ0v) is 37.0. The van der Waals surface area contributed by atoms with Crippen molar-refractivity contribution in [3.63, 3.8) is 0 Å². The molecule has 0 aromatic carbocycles. The highest BCUT2D eigenvalue weighted by molar-refractivity contribution is 8.56. The van der Waals surface area contributed by atoms with Crippen LogP contribution in [0.3, 0.4) is 0 Å². The maximum absolute atomic E-state index is 16.9. The van der Waals surface area contributed by atoms with E-state index >= 15 is 8.78 Å². The van der Waals surface area contributed by atoms with Gasteiger partial charge in [-0.1, -0.05) is 0 Å². The van der Waals surface area contributed by atoms with E-state index in [0.29, 0.717) is 22.8 Å². The van der Waals surface area contributed by atoms with Gasteiger partial charge in [-0.25, -0.2) is 43.2 Å². The third-order valence-electron chi connectivity index (χ3n) is 9.43. The Morgan fingerprint density at radius 3 is 1.75 bits per heavy atom. The number of halogens is 2. The van der Waals surface area contributed by atoms with Gasteiger partial charge in [-0.05, 0) is 52.9 Å². The van der Waals surface area contributed by atoms with Gasteiger partial charge < -0.3 is 39.7 Å². The molecule has 3 saturated heterocycles. The van der Waals surface area contributed by atoms with Crippen molar-refractivity contribution >= 4 is 82.0 Å². The summed E-state index contributed by atoms with van der Waals surface area (Å²) in [6.45, 7) is -0.589. The molecule has 4 aromatic rings.